The Morgan fingerprint density at radius 3 is 2.45 bits per heavy atom. The van der Waals surface area contributed by atoms with Crippen molar-refractivity contribution in [3.8, 4) is 0 Å². The topological polar surface area (TPSA) is 80.0 Å². The number of nitrogen functional groups attached to an aromatic ring is 1. The molecule has 1 rings (SSSR count). The van der Waals surface area contributed by atoms with E-state index >= 15 is 0 Å². The van der Waals surface area contributed by atoms with Crippen LogP contribution in [0.15, 0.2) is 0 Å². The van der Waals surface area contributed by atoms with Gasteiger partial charge in [-0.1, -0.05) is 40.0 Å². The first-order valence-corrected chi connectivity index (χ1v) is 7.27. The van der Waals surface area contributed by atoms with E-state index in [0.717, 1.165) is 6.54 Å². The van der Waals surface area contributed by atoms with E-state index in [9.17, 15) is 0 Å². The molecule has 20 heavy (non-hydrogen) atoms. The Balaban J connectivity index is 2.60. The van der Waals surface area contributed by atoms with Crippen molar-refractivity contribution in [1.82, 2.24) is 15.0 Å². The van der Waals surface area contributed by atoms with E-state index in [0.29, 0.717) is 11.9 Å². The Labute approximate surface area is 122 Å². The van der Waals surface area contributed by atoms with Crippen LogP contribution in [-0.2, 0) is 0 Å². The van der Waals surface area contributed by atoms with Crippen LogP contribution in [0.2, 0.25) is 0 Å². The summed E-state index contributed by atoms with van der Waals surface area (Å²) >= 11 is 0. The second-order valence-corrected chi connectivity index (χ2v) is 6.19. The maximum Gasteiger partial charge on any atom is 0.231 e. The van der Waals surface area contributed by atoms with Crippen LogP contribution in [0.5, 0.6) is 0 Å². The third-order valence-corrected chi connectivity index (χ3v) is 3.22. The number of nitrogens with zero attached hydrogens (tertiary/aromatic N) is 4. The van der Waals surface area contributed by atoms with E-state index in [1.165, 1.54) is 25.7 Å². The maximum absolute atomic E-state index is 5.71. The van der Waals surface area contributed by atoms with Gasteiger partial charge in [0, 0.05) is 20.6 Å². The lowest BCUT2D eigenvalue weighted by atomic mass is 9.87. The zero-order chi connectivity index (χ0) is 15.2. The van der Waals surface area contributed by atoms with E-state index in [1.54, 1.807) is 0 Å². The van der Waals surface area contributed by atoms with Gasteiger partial charge in [0.15, 0.2) is 0 Å². The highest BCUT2D eigenvalue weighted by molar-refractivity contribution is 5.40. The first-order valence-electron chi connectivity index (χ1n) is 7.27. The molecule has 0 spiro atoms. The van der Waals surface area contributed by atoms with Gasteiger partial charge in [-0.25, -0.2) is 0 Å². The summed E-state index contributed by atoms with van der Waals surface area (Å²) in [5.41, 5.74) is 5.92. The molecule has 0 radical (unpaired) electrons. The molecule has 0 aliphatic rings. The number of hydrogen-bond acceptors (Lipinski definition) is 6. The minimum Gasteiger partial charge on any atom is -0.368 e. The van der Waals surface area contributed by atoms with Gasteiger partial charge in [0.1, 0.15) is 0 Å². The lowest BCUT2D eigenvalue weighted by molar-refractivity contribution is 0.342. The van der Waals surface area contributed by atoms with Crippen LogP contribution in [0.3, 0.4) is 0 Å². The van der Waals surface area contributed by atoms with Crippen LogP contribution in [-0.4, -0.2) is 35.6 Å². The van der Waals surface area contributed by atoms with Gasteiger partial charge in [0.2, 0.25) is 17.8 Å². The van der Waals surface area contributed by atoms with Gasteiger partial charge in [-0.3, -0.25) is 0 Å². The average molecular weight is 280 g/mol. The zero-order valence-corrected chi connectivity index (χ0v) is 13.4. The van der Waals surface area contributed by atoms with Gasteiger partial charge < -0.3 is 16.0 Å². The molecular formula is C14H28N6. The lowest BCUT2D eigenvalue weighted by Gasteiger charge is -2.25. The van der Waals surface area contributed by atoms with Crippen molar-refractivity contribution in [3.63, 3.8) is 0 Å². The summed E-state index contributed by atoms with van der Waals surface area (Å²) in [7, 11) is 3.76. The summed E-state index contributed by atoms with van der Waals surface area (Å²) < 4.78 is 0. The van der Waals surface area contributed by atoms with Gasteiger partial charge in [-0.15, -0.1) is 0 Å². The van der Waals surface area contributed by atoms with E-state index < -0.39 is 0 Å². The molecule has 1 heterocycles. The first kappa shape index (κ1) is 16.5. The summed E-state index contributed by atoms with van der Waals surface area (Å²) in [5, 5.41) is 3.28. The van der Waals surface area contributed by atoms with Crippen molar-refractivity contribution in [2.45, 2.75) is 46.5 Å². The molecule has 0 unspecified atom stereocenters. The van der Waals surface area contributed by atoms with Gasteiger partial charge in [-0.2, -0.15) is 15.0 Å². The number of unbranched alkanes of at least 4 members (excludes halogenated alkanes) is 2. The largest absolute Gasteiger partial charge is 0.368 e. The number of hydrogen-bond donors (Lipinski definition) is 2. The van der Waals surface area contributed by atoms with Crippen LogP contribution in [0.4, 0.5) is 17.8 Å². The Morgan fingerprint density at radius 1 is 1.15 bits per heavy atom. The summed E-state index contributed by atoms with van der Waals surface area (Å²) in [6.45, 7) is 7.56. The van der Waals surface area contributed by atoms with Crippen molar-refractivity contribution < 1.29 is 0 Å². The summed E-state index contributed by atoms with van der Waals surface area (Å²) in [5.74, 6) is 1.36. The van der Waals surface area contributed by atoms with Crippen LogP contribution in [0.25, 0.3) is 0 Å². The molecule has 6 heteroatoms. The standard InChI is InChI=1S/C14H28N6/c1-6-7-8-9-14(2,3)10-16-12-17-11(15)18-13(19-12)20(4)5/h6-10H2,1-5H3,(H3,15,16,17,18,19). The average Bonchev–Trinajstić information content (AvgIpc) is 2.36. The van der Waals surface area contributed by atoms with Crippen molar-refractivity contribution in [1.29, 1.82) is 0 Å². The van der Waals surface area contributed by atoms with E-state index in [-0.39, 0.29) is 11.4 Å². The monoisotopic (exact) mass is 280 g/mol. The maximum atomic E-state index is 5.71. The Bertz CT molecular complexity index is 416. The van der Waals surface area contributed by atoms with Crippen LogP contribution in [0.1, 0.15) is 46.5 Å². The molecule has 0 amide bonds. The minimum atomic E-state index is 0.217. The molecule has 0 fully saturated rings. The number of nitrogens with one attached hydrogen (secondary N) is 1. The van der Waals surface area contributed by atoms with Crippen molar-refractivity contribution in [2.24, 2.45) is 5.41 Å². The van der Waals surface area contributed by atoms with E-state index in [2.05, 4.69) is 41.0 Å². The number of anilines is 3. The lowest BCUT2D eigenvalue weighted by Crippen LogP contribution is -2.25. The van der Waals surface area contributed by atoms with Gasteiger partial charge in [0.25, 0.3) is 0 Å². The highest BCUT2D eigenvalue weighted by Gasteiger charge is 2.18. The third kappa shape index (κ3) is 5.59. The fraction of sp³-hybridized carbons (Fsp3) is 0.786. The summed E-state index contributed by atoms with van der Waals surface area (Å²) in [6.07, 6.45) is 4.98. The molecule has 0 aliphatic heterocycles. The highest BCUT2D eigenvalue weighted by atomic mass is 15.3. The van der Waals surface area contributed by atoms with Gasteiger partial charge in [-0.05, 0) is 11.8 Å². The fourth-order valence-corrected chi connectivity index (χ4v) is 1.92. The molecule has 0 saturated heterocycles. The predicted octanol–water partition coefficient (Wildman–Crippen LogP) is 2.54. The van der Waals surface area contributed by atoms with Crippen molar-refractivity contribution >= 4 is 17.8 Å². The molecule has 1 aromatic rings. The molecule has 0 aromatic carbocycles. The number of rotatable bonds is 8. The van der Waals surface area contributed by atoms with Crippen molar-refractivity contribution in [3.05, 3.63) is 0 Å². The Kier molecular flexibility index (Phi) is 5.98. The van der Waals surface area contributed by atoms with Gasteiger partial charge in [0.05, 0.1) is 0 Å². The normalized spacial score (nSPS) is 11.4. The SMILES string of the molecule is CCCCCC(C)(C)CNc1nc(N)nc(N(C)C)n1. The number of nitrogens with two attached hydrogens (primary N) is 1. The van der Waals surface area contributed by atoms with Crippen molar-refractivity contribution in [2.75, 3.05) is 36.6 Å². The molecule has 114 valence electrons. The quantitative estimate of drug-likeness (QED) is 0.712. The Hall–Kier alpha value is -1.59. The van der Waals surface area contributed by atoms with Crippen LogP contribution >= 0.6 is 0 Å². The molecule has 0 atom stereocenters. The van der Waals surface area contributed by atoms with Crippen LogP contribution in [0, 0.1) is 5.41 Å². The molecule has 1 aromatic heterocycles. The van der Waals surface area contributed by atoms with E-state index in [1.807, 2.05) is 19.0 Å². The highest BCUT2D eigenvalue weighted by Crippen LogP contribution is 2.24. The zero-order valence-electron chi connectivity index (χ0n) is 13.4. The third-order valence-electron chi connectivity index (χ3n) is 3.22. The summed E-state index contributed by atoms with van der Waals surface area (Å²) in [6, 6.07) is 0. The number of aromatic nitrogens is 3. The molecule has 3 N–H and O–H groups in total. The molecular weight excluding hydrogens is 252 g/mol. The fourth-order valence-electron chi connectivity index (χ4n) is 1.92. The second kappa shape index (κ2) is 7.26. The van der Waals surface area contributed by atoms with Gasteiger partial charge >= 0.3 is 0 Å². The molecule has 6 nitrogen and oxygen atoms in total. The summed E-state index contributed by atoms with van der Waals surface area (Å²) in [4.78, 5) is 14.4. The Morgan fingerprint density at radius 2 is 1.85 bits per heavy atom. The van der Waals surface area contributed by atoms with Crippen LogP contribution < -0.4 is 16.0 Å². The smallest absolute Gasteiger partial charge is 0.231 e. The molecule has 0 bridgehead atoms. The minimum absolute atomic E-state index is 0.217. The van der Waals surface area contributed by atoms with E-state index in [4.69, 9.17) is 5.73 Å². The second-order valence-electron chi connectivity index (χ2n) is 6.19. The molecule has 0 saturated carbocycles. The predicted molar refractivity (Wildman–Crippen MR) is 85.0 cm³/mol. The first-order chi connectivity index (χ1) is 9.34. The molecule has 0 aliphatic carbocycles.